The second kappa shape index (κ2) is 5.24. The summed E-state index contributed by atoms with van der Waals surface area (Å²) < 4.78 is 0. The average Bonchev–Trinajstić information content (AvgIpc) is 3.28. The number of amides is 1. The van der Waals surface area contributed by atoms with Crippen molar-refractivity contribution in [2.45, 2.75) is 26.2 Å². The molecule has 0 radical (unpaired) electrons. The number of carbonyl (C=O) groups is 1. The molecule has 2 aliphatic rings. The van der Waals surface area contributed by atoms with Crippen molar-refractivity contribution in [1.82, 2.24) is 5.32 Å². The highest BCUT2D eigenvalue weighted by Gasteiger charge is 2.29. The van der Waals surface area contributed by atoms with Gasteiger partial charge in [-0.25, -0.2) is 0 Å². The molecule has 0 aromatic heterocycles. The minimum absolute atomic E-state index is 0.0707. The molecule has 1 saturated carbocycles. The first-order valence-electron chi connectivity index (χ1n) is 7.33. The lowest BCUT2D eigenvalue weighted by atomic mass is 9.93. The third-order valence-corrected chi connectivity index (χ3v) is 4.42. The number of anilines is 1. The van der Waals surface area contributed by atoms with Crippen molar-refractivity contribution >= 4 is 11.6 Å². The van der Waals surface area contributed by atoms with E-state index in [-0.39, 0.29) is 11.8 Å². The first kappa shape index (κ1) is 12.5. The Morgan fingerprint density at radius 3 is 3.00 bits per heavy atom. The van der Waals surface area contributed by atoms with Crippen LogP contribution in [0, 0.1) is 17.8 Å². The SMILES string of the molecule is CC(CNC(=O)C1CNc2ccccc2C1)C1CC1. The molecule has 1 heterocycles. The van der Waals surface area contributed by atoms with Crippen LogP contribution < -0.4 is 10.6 Å². The molecule has 1 aliphatic heterocycles. The molecule has 3 rings (SSSR count). The summed E-state index contributed by atoms with van der Waals surface area (Å²) in [5.74, 6) is 1.76. The van der Waals surface area contributed by atoms with Crippen LogP contribution in [0.25, 0.3) is 0 Å². The molecule has 3 heteroatoms. The minimum atomic E-state index is 0.0707. The molecule has 19 heavy (non-hydrogen) atoms. The van der Waals surface area contributed by atoms with Crippen LogP contribution in [0.15, 0.2) is 24.3 Å². The van der Waals surface area contributed by atoms with Gasteiger partial charge >= 0.3 is 0 Å². The van der Waals surface area contributed by atoms with E-state index in [4.69, 9.17) is 0 Å². The van der Waals surface area contributed by atoms with Crippen LogP contribution in [0.2, 0.25) is 0 Å². The van der Waals surface area contributed by atoms with E-state index >= 15 is 0 Å². The number of fused-ring (bicyclic) bond motifs is 1. The lowest BCUT2D eigenvalue weighted by Gasteiger charge is -2.25. The molecule has 2 atom stereocenters. The molecule has 3 nitrogen and oxygen atoms in total. The van der Waals surface area contributed by atoms with E-state index in [0.29, 0.717) is 5.92 Å². The van der Waals surface area contributed by atoms with Gasteiger partial charge in [0.05, 0.1) is 5.92 Å². The Labute approximate surface area is 114 Å². The summed E-state index contributed by atoms with van der Waals surface area (Å²) in [6.07, 6.45) is 3.54. The van der Waals surface area contributed by atoms with Crippen LogP contribution in [-0.2, 0) is 11.2 Å². The van der Waals surface area contributed by atoms with E-state index in [1.165, 1.54) is 24.1 Å². The Balaban J connectivity index is 1.53. The predicted octanol–water partition coefficient (Wildman–Crippen LogP) is 2.43. The van der Waals surface area contributed by atoms with Crippen LogP contribution in [0.1, 0.15) is 25.3 Å². The quantitative estimate of drug-likeness (QED) is 0.871. The molecule has 102 valence electrons. The molecule has 0 saturated heterocycles. The van der Waals surface area contributed by atoms with Gasteiger partial charge in [0.15, 0.2) is 0 Å². The highest BCUT2D eigenvalue weighted by atomic mass is 16.1. The highest BCUT2D eigenvalue weighted by molar-refractivity contribution is 5.80. The molecule has 1 aromatic rings. The van der Waals surface area contributed by atoms with Gasteiger partial charge in [0, 0.05) is 18.8 Å². The Kier molecular flexibility index (Phi) is 3.45. The number of carbonyl (C=O) groups excluding carboxylic acids is 1. The van der Waals surface area contributed by atoms with Crippen molar-refractivity contribution in [3.8, 4) is 0 Å². The van der Waals surface area contributed by atoms with Crippen molar-refractivity contribution in [2.75, 3.05) is 18.4 Å². The fraction of sp³-hybridized carbons (Fsp3) is 0.562. The first-order chi connectivity index (χ1) is 9.24. The third-order valence-electron chi connectivity index (χ3n) is 4.42. The molecular weight excluding hydrogens is 236 g/mol. The Morgan fingerprint density at radius 1 is 1.42 bits per heavy atom. The minimum Gasteiger partial charge on any atom is -0.384 e. The van der Waals surface area contributed by atoms with Crippen molar-refractivity contribution in [2.24, 2.45) is 17.8 Å². The van der Waals surface area contributed by atoms with Gasteiger partial charge in [-0.05, 0) is 42.7 Å². The molecule has 0 spiro atoms. The summed E-state index contributed by atoms with van der Waals surface area (Å²) in [6, 6.07) is 8.26. The van der Waals surface area contributed by atoms with Gasteiger partial charge in [0.25, 0.3) is 0 Å². The van der Waals surface area contributed by atoms with Crippen LogP contribution in [0.3, 0.4) is 0 Å². The molecule has 1 aromatic carbocycles. The molecule has 2 unspecified atom stereocenters. The topological polar surface area (TPSA) is 41.1 Å². The van der Waals surface area contributed by atoms with Crippen molar-refractivity contribution < 1.29 is 4.79 Å². The van der Waals surface area contributed by atoms with E-state index in [2.05, 4.69) is 29.7 Å². The van der Waals surface area contributed by atoms with Gasteiger partial charge in [-0.2, -0.15) is 0 Å². The van der Waals surface area contributed by atoms with Crippen LogP contribution in [-0.4, -0.2) is 19.0 Å². The number of para-hydroxylation sites is 1. The standard InChI is InChI=1S/C16H22N2O/c1-11(12-6-7-12)9-18-16(19)14-8-13-4-2-3-5-15(13)17-10-14/h2-5,11-12,14,17H,6-10H2,1H3,(H,18,19). The zero-order chi connectivity index (χ0) is 13.2. The number of hydrogen-bond donors (Lipinski definition) is 2. The van der Waals surface area contributed by atoms with E-state index < -0.39 is 0 Å². The summed E-state index contributed by atoms with van der Waals surface area (Å²) >= 11 is 0. The third kappa shape index (κ3) is 2.91. The highest BCUT2D eigenvalue weighted by Crippen LogP contribution is 2.36. The Bertz CT molecular complexity index is 468. The van der Waals surface area contributed by atoms with Crippen molar-refractivity contribution in [3.05, 3.63) is 29.8 Å². The fourth-order valence-corrected chi connectivity index (χ4v) is 2.86. The number of nitrogens with one attached hydrogen (secondary N) is 2. The monoisotopic (exact) mass is 258 g/mol. The van der Waals surface area contributed by atoms with Gasteiger partial charge in [-0.3, -0.25) is 4.79 Å². The van der Waals surface area contributed by atoms with Gasteiger partial charge in [0.1, 0.15) is 0 Å². The molecule has 2 N–H and O–H groups in total. The van der Waals surface area contributed by atoms with Crippen LogP contribution in [0.5, 0.6) is 0 Å². The van der Waals surface area contributed by atoms with Crippen LogP contribution in [0.4, 0.5) is 5.69 Å². The van der Waals surface area contributed by atoms with Crippen molar-refractivity contribution in [1.29, 1.82) is 0 Å². The second-order valence-corrected chi connectivity index (χ2v) is 6.00. The summed E-state index contributed by atoms with van der Waals surface area (Å²) in [5, 5.41) is 6.48. The van der Waals surface area contributed by atoms with Gasteiger partial charge in [0.2, 0.25) is 5.91 Å². The molecule has 1 fully saturated rings. The van der Waals surface area contributed by atoms with E-state index in [1.807, 2.05) is 12.1 Å². The Morgan fingerprint density at radius 2 is 2.21 bits per heavy atom. The smallest absolute Gasteiger partial charge is 0.225 e. The zero-order valence-corrected chi connectivity index (χ0v) is 11.5. The van der Waals surface area contributed by atoms with Gasteiger partial charge < -0.3 is 10.6 Å². The molecular formula is C16H22N2O. The van der Waals surface area contributed by atoms with E-state index in [1.54, 1.807) is 0 Å². The fourth-order valence-electron chi connectivity index (χ4n) is 2.86. The van der Waals surface area contributed by atoms with E-state index in [9.17, 15) is 4.79 Å². The Hall–Kier alpha value is -1.51. The van der Waals surface area contributed by atoms with Crippen LogP contribution >= 0.6 is 0 Å². The summed E-state index contributed by atoms with van der Waals surface area (Å²) in [7, 11) is 0. The summed E-state index contributed by atoms with van der Waals surface area (Å²) in [6.45, 7) is 3.83. The number of rotatable bonds is 4. The second-order valence-electron chi connectivity index (χ2n) is 6.00. The van der Waals surface area contributed by atoms with Crippen molar-refractivity contribution in [3.63, 3.8) is 0 Å². The number of benzene rings is 1. The van der Waals surface area contributed by atoms with Gasteiger partial charge in [-0.15, -0.1) is 0 Å². The maximum Gasteiger partial charge on any atom is 0.225 e. The normalized spacial score (nSPS) is 23.1. The number of hydrogen-bond acceptors (Lipinski definition) is 2. The summed E-state index contributed by atoms with van der Waals surface area (Å²) in [4.78, 5) is 12.2. The largest absolute Gasteiger partial charge is 0.384 e. The zero-order valence-electron chi connectivity index (χ0n) is 11.5. The van der Waals surface area contributed by atoms with Gasteiger partial charge in [-0.1, -0.05) is 25.1 Å². The predicted molar refractivity (Wildman–Crippen MR) is 77.0 cm³/mol. The average molecular weight is 258 g/mol. The maximum atomic E-state index is 12.2. The molecule has 0 bridgehead atoms. The summed E-state index contributed by atoms with van der Waals surface area (Å²) in [5.41, 5.74) is 2.43. The molecule has 1 aliphatic carbocycles. The lowest BCUT2D eigenvalue weighted by Crippen LogP contribution is -2.40. The van der Waals surface area contributed by atoms with E-state index in [0.717, 1.165) is 25.4 Å². The maximum absolute atomic E-state index is 12.2. The lowest BCUT2D eigenvalue weighted by molar-refractivity contribution is -0.124. The molecule has 1 amide bonds. The first-order valence-corrected chi connectivity index (χ1v) is 7.33.